The molecule has 1 N–H and O–H groups in total. The number of nitrogens with one attached hydrogen (secondary N) is 1. The summed E-state index contributed by atoms with van der Waals surface area (Å²) in [5, 5.41) is 3.48. The van der Waals surface area contributed by atoms with Crippen molar-refractivity contribution in [3.05, 3.63) is 40.9 Å². The average molecular weight is 420 g/mol. The van der Waals surface area contributed by atoms with Gasteiger partial charge < -0.3 is 29.3 Å². The fourth-order valence-corrected chi connectivity index (χ4v) is 3.60. The zero-order valence-corrected chi connectivity index (χ0v) is 17.9. The van der Waals surface area contributed by atoms with Crippen LogP contribution in [0.5, 0.6) is 17.2 Å². The summed E-state index contributed by atoms with van der Waals surface area (Å²) in [6, 6.07) is 8.78. The minimum Gasteiger partial charge on any atom is -0.493 e. The molecule has 29 heavy (non-hydrogen) atoms. The van der Waals surface area contributed by atoms with Crippen molar-refractivity contribution in [2.24, 2.45) is 0 Å². The number of hydrogen-bond donors (Lipinski definition) is 1. The number of likely N-dealkylation sites (N-methyl/N-ethyl adjacent to an activating group) is 1. The minimum absolute atomic E-state index is 0.298. The highest BCUT2D eigenvalue weighted by Crippen LogP contribution is 2.38. The van der Waals surface area contributed by atoms with Gasteiger partial charge in [-0.2, -0.15) is 0 Å². The van der Waals surface area contributed by atoms with E-state index in [1.807, 2.05) is 12.1 Å². The summed E-state index contributed by atoms with van der Waals surface area (Å²) in [5.74, 6) is 0.972. The van der Waals surface area contributed by atoms with Gasteiger partial charge in [0.15, 0.2) is 11.5 Å². The van der Waals surface area contributed by atoms with E-state index in [4.69, 9.17) is 25.8 Å². The Labute approximate surface area is 176 Å². The highest BCUT2D eigenvalue weighted by atomic mass is 35.5. The van der Waals surface area contributed by atoms with Crippen LogP contribution in [0.25, 0.3) is 0 Å². The molecule has 8 heteroatoms. The lowest BCUT2D eigenvalue weighted by atomic mass is 10.1. The molecule has 0 saturated carbocycles. The summed E-state index contributed by atoms with van der Waals surface area (Å²) >= 11 is 6.50. The lowest BCUT2D eigenvalue weighted by molar-refractivity contribution is 0.102. The second-order valence-electron chi connectivity index (χ2n) is 6.82. The van der Waals surface area contributed by atoms with E-state index in [-0.39, 0.29) is 5.91 Å². The van der Waals surface area contributed by atoms with Crippen molar-refractivity contribution in [3.63, 3.8) is 0 Å². The molecule has 1 heterocycles. The van der Waals surface area contributed by atoms with Crippen LogP contribution in [0.2, 0.25) is 5.02 Å². The number of carbonyl (C=O) groups is 1. The van der Waals surface area contributed by atoms with Crippen LogP contribution in [0.1, 0.15) is 10.4 Å². The predicted octanol–water partition coefficient (Wildman–Crippen LogP) is 3.37. The second-order valence-corrected chi connectivity index (χ2v) is 7.23. The minimum atomic E-state index is -0.298. The fourth-order valence-electron chi connectivity index (χ4n) is 3.30. The number of hydrogen-bond acceptors (Lipinski definition) is 6. The van der Waals surface area contributed by atoms with Crippen molar-refractivity contribution in [2.45, 2.75) is 0 Å². The Morgan fingerprint density at radius 1 is 0.966 bits per heavy atom. The largest absolute Gasteiger partial charge is 0.493 e. The van der Waals surface area contributed by atoms with Crippen molar-refractivity contribution in [3.8, 4) is 17.2 Å². The van der Waals surface area contributed by atoms with Gasteiger partial charge in [0.25, 0.3) is 5.91 Å². The van der Waals surface area contributed by atoms with E-state index in [9.17, 15) is 4.79 Å². The van der Waals surface area contributed by atoms with Gasteiger partial charge in [0.1, 0.15) is 0 Å². The molecule has 0 aliphatic carbocycles. The van der Waals surface area contributed by atoms with Crippen LogP contribution >= 0.6 is 11.6 Å². The molecular formula is C21H26ClN3O4. The summed E-state index contributed by atoms with van der Waals surface area (Å²) in [4.78, 5) is 17.3. The van der Waals surface area contributed by atoms with E-state index in [2.05, 4.69) is 22.2 Å². The number of ether oxygens (including phenoxy) is 3. The Balaban J connectivity index is 1.78. The summed E-state index contributed by atoms with van der Waals surface area (Å²) in [6.07, 6.45) is 0. The van der Waals surface area contributed by atoms with Crippen LogP contribution in [0, 0.1) is 0 Å². The maximum atomic E-state index is 12.8. The molecule has 0 atom stereocenters. The van der Waals surface area contributed by atoms with Crippen molar-refractivity contribution < 1.29 is 19.0 Å². The maximum Gasteiger partial charge on any atom is 0.255 e. The van der Waals surface area contributed by atoms with Crippen LogP contribution in [-0.4, -0.2) is 65.4 Å². The number of piperazine rings is 1. The zero-order chi connectivity index (χ0) is 21.0. The number of carbonyl (C=O) groups excluding carboxylic acids is 1. The normalized spacial score (nSPS) is 14.4. The van der Waals surface area contributed by atoms with Crippen molar-refractivity contribution in [1.82, 2.24) is 4.90 Å². The van der Waals surface area contributed by atoms with Gasteiger partial charge in [-0.3, -0.25) is 4.79 Å². The molecule has 1 aliphatic rings. The van der Waals surface area contributed by atoms with E-state index in [0.29, 0.717) is 33.5 Å². The highest BCUT2D eigenvalue weighted by Gasteiger charge is 2.19. The molecule has 1 fully saturated rings. The topological polar surface area (TPSA) is 63.3 Å². The quantitative estimate of drug-likeness (QED) is 0.774. The average Bonchev–Trinajstić information content (AvgIpc) is 2.73. The first kappa shape index (κ1) is 21.1. The zero-order valence-electron chi connectivity index (χ0n) is 17.1. The number of benzene rings is 2. The third-order valence-electron chi connectivity index (χ3n) is 4.98. The Morgan fingerprint density at radius 2 is 1.59 bits per heavy atom. The highest BCUT2D eigenvalue weighted by molar-refractivity contribution is 6.33. The molecule has 7 nitrogen and oxygen atoms in total. The molecule has 1 aliphatic heterocycles. The van der Waals surface area contributed by atoms with Gasteiger partial charge in [-0.05, 0) is 37.4 Å². The monoisotopic (exact) mass is 419 g/mol. The molecule has 0 unspecified atom stereocenters. The van der Waals surface area contributed by atoms with Crippen LogP contribution in [-0.2, 0) is 0 Å². The molecule has 3 rings (SSSR count). The van der Waals surface area contributed by atoms with Gasteiger partial charge in [0, 0.05) is 37.4 Å². The van der Waals surface area contributed by atoms with Gasteiger partial charge in [0.2, 0.25) is 5.75 Å². The van der Waals surface area contributed by atoms with Gasteiger partial charge in [0.05, 0.1) is 32.0 Å². The van der Waals surface area contributed by atoms with Gasteiger partial charge >= 0.3 is 0 Å². The Bertz CT molecular complexity index is 857. The molecule has 156 valence electrons. The number of nitrogens with zero attached hydrogens (tertiary/aromatic N) is 2. The van der Waals surface area contributed by atoms with Crippen molar-refractivity contribution in [2.75, 3.05) is 64.8 Å². The summed E-state index contributed by atoms with van der Waals surface area (Å²) in [6.45, 7) is 3.84. The molecule has 0 spiro atoms. The van der Waals surface area contributed by atoms with Crippen molar-refractivity contribution in [1.29, 1.82) is 0 Å². The molecule has 2 aromatic rings. The Kier molecular flexibility index (Phi) is 6.71. The Hall–Kier alpha value is -2.64. The summed E-state index contributed by atoms with van der Waals surface area (Å²) in [5.41, 5.74) is 1.98. The third-order valence-corrected chi connectivity index (χ3v) is 5.28. The third kappa shape index (κ3) is 4.68. The molecular weight excluding hydrogens is 394 g/mol. The standard InChI is InChI=1S/C21H26ClN3O4/c1-24-7-9-25(10-8-24)17-6-5-15(13-16(17)22)23-21(26)14-11-18(27-2)20(29-4)19(12-14)28-3/h5-6,11-13H,7-10H2,1-4H3,(H,23,26). The summed E-state index contributed by atoms with van der Waals surface area (Å²) < 4.78 is 15.9. The maximum absolute atomic E-state index is 12.8. The van der Waals surface area contributed by atoms with E-state index >= 15 is 0 Å². The number of anilines is 2. The van der Waals surface area contributed by atoms with Crippen LogP contribution in [0.15, 0.2) is 30.3 Å². The number of amides is 1. The summed E-state index contributed by atoms with van der Waals surface area (Å²) in [7, 11) is 6.65. The second kappa shape index (κ2) is 9.24. The lowest BCUT2D eigenvalue weighted by Crippen LogP contribution is -2.44. The number of methoxy groups -OCH3 is 3. The Morgan fingerprint density at radius 3 is 2.10 bits per heavy atom. The molecule has 0 radical (unpaired) electrons. The van der Waals surface area contributed by atoms with Crippen LogP contribution in [0.3, 0.4) is 0 Å². The van der Waals surface area contributed by atoms with E-state index in [1.54, 1.807) is 18.2 Å². The van der Waals surface area contributed by atoms with Gasteiger partial charge in [-0.15, -0.1) is 0 Å². The molecule has 1 saturated heterocycles. The first-order valence-electron chi connectivity index (χ1n) is 9.31. The fraction of sp³-hybridized carbons (Fsp3) is 0.381. The SMILES string of the molecule is COc1cc(C(=O)Nc2ccc(N3CCN(C)CC3)c(Cl)c2)cc(OC)c1OC. The number of halogens is 1. The van der Waals surface area contributed by atoms with Crippen LogP contribution < -0.4 is 24.4 Å². The van der Waals surface area contributed by atoms with Gasteiger partial charge in [-0.25, -0.2) is 0 Å². The molecule has 0 bridgehead atoms. The lowest BCUT2D eigenvalue weighted by Gasteiger charge is -2.34. The molecule has 0 aromatic heterocycles. The van der Waals surface area contributed by atoms with Crippen molar-refractivity contribution >= 4 is 28.9 Å². The number of rotatable bonds is 6. The van der Waals surface area contributed by atoms with E-state index in [0.717, 1.165) is 31.9 Å². The van der Waals surface area contributed by atoms with Gasteiger partial charge in [-0.1, -0.05) is 11.6 Å². The smallest absolute Gasteiger partial charge is 0.255 e. The molecule has 2 aromatic carbocycles. The first-order valence-corrected chi connectivity index (χ1v) is 9.69. The van der Waals surface area contributed by atoms with Crippen LogP contribution in [0.4, 0.5) is 11.4 Å². The van der Waals surface area contributed by atoms with E-state index < -0.39 is 0 Å². The molecule has 1 amide bonds. The van der Waals surface area contributed by atoms with E-state index in [1.165, 1.54) is 21.3 Å². The predicted molar refractivity (Wildman–Crippen MR) is 115 cm³/mol. The first-order chi connectivity index (χ1) is 14.0.